The molecule has 5 nitrogen and oxygen atoms in total. The number of carbonyl (C=O) groups excluding carboxylic acids is 1. The molecule has 2 aromatic carbocycles. The number of hydrogen-bond donors (Lipinski definition) is 2. The number of H-pyrrole nitrogens is 1. The van der Waals surface area contributed by atoms with E-state index in [9.17, 15) is 4.79 Å². The molecule has 1 saturated carbocycles. The number of hydrogen-bond acceptors (Lipinski definition) is 3. The van der Waals surface area contributed by atoms with Crippen LogP contribution in [0.4, 0.5) is 5.82 Å². The van der Waals surface area contributed by atoms with E-state index in [0.29, 0.717) is 18.8 Å². The quantitative estimate of drug-likeness (QED) is 0.568. The molecule has 0 radical (unpaired) electrons. The average molecular weight is 377 g/mol. The van der Waals surface area contributed by atoms with E-state index >= 15 is 0 Å². The van der Waals surface area contributed by atoms with Crippen LogP contribution >= 0.6 is 0 Å². The van der Waals surface area contributed by atoms with Gasteiger partial charge in [-0.3, -0.25) is 9.89 Å². The van der Waals surface area contributed by atoms with Crippen molar-refractivity contribution in [2.75, 3.05) is 11.9 Å². The van der Waals surface area contributed by atoms with Crippen molar-refractivity contribution in [3.63, 3.8) is 0 Å². The SMILES string of the molecule is CCOc1ccccc1-c1ccc2c(NC(=O)CCC3CCCC3)n[nH]c2c1. The number of ether oxygens (including phenoxy) is 1. The van der Waals surface area contributed by atoms with Crippen molar-refractivity contribution in [3.05, 3.63) is 42.5 Å². The molecule has 0 unspecified atom stereocenters. The summed E-state index contributed by atoms with van der Waals surface area (Å²) in [7, 11) is 0. The van der Waals surface area contributed by atoms with Gasteiger partial charge in [0.15, 0.2) is 5.82 Å². The van der Waals surface area contributed by atoms with Crippen LogP contribution in [0.3, 0.4) is 0 Å². The summed E-state index contributed by atoms with van der Waals surface area (Å²) in [4.78, 5) is 12.3. The molecule has 28 heavy (non-hydrogen) atoms. The summed E-state index contributed by atoms with van der Waals surface area (Å²) in [5, 5.41) is 11.3. The van der Waals surface area contributed by atoms with Crippen molar-refractivity contribution in [2.45, 2.75) is 45.4 Å². The van der Waals surface area contributed by atoms with E-state index in [1.165, 1.54) is 25.7 Å². The maximum atomic E-state index is 12.3. The van der Waals surface area contributed by atoms with Crippen molar-refractivity contribution in [1.82, 2.24) is 10.2 Å². The number of nitrogens with one attached hydrogen (secondary N) is 2. The second-order valence-electron chi connectivity index (χ2n) is 7.50. The topological polar surface area (TPSA) is 67.0 Å². The number of para-hydroxylation sites is 1. The van der Waals surface area contributed by atoms with Crippen molar-refractivity contribution >= 4 is 22.6 Å². The summed E-state index contributed by atoms with van der Waals surface area (Å²) in [6.07, 6.45) is 6.71. The maximum absolute atomic E-state index is 12.3. The molecule has 2 N–H and O–H groups in total. The van der Waals surface area contributed by atoms with E-state index < -0.39 is 0 Å². The summed E-state index contributed by atoms with van der Waals surface area (Å²) in [5.74, 6) is 2.24. The van der Waals surface area contributed by atoms with Crippen molar-refractivity contribution < 1.29 is 9.53 Å². The molecule has 1 amide bonds. The minimum atomic E-state index is 0.0473. The van der Waals surface area contributed by atoms with Gasteiger partial charge in [-0.2, -0.15) is 5.10 Å². The van der Waals surface area contributed by atoms with Gasteiger partial charge in [0.1, 0.15) is 5.75 Å². The first-order chi connectivity index (χ1) is 13.7. The van der Waals surface area contributed by atoms with Crippen LogP contribution < -0.4 is 10.1 Å². The fourth-order valence-electron chi connectivity index (χ4n) is 4.10. The minimum absolute atomic E-state index is 0.0473. The lowest BCUT2D eigenvalue weighted by Gasteiger charge is -2.10. The monoisotopic (exact) mass is 377 g/mol. The van der Waals surface area contributed by atoms with E-state index in [1.54, 1.807) is 0 Å². The lowest BCUT2D eigenvalue weighted by Crippen LogP contribution is -2.13. The Labute approximate surface area is 165 Å². The zero-order chi connectivity index (χ0) is 19.3. The number of nitrogens with zero attached hydrogens (tertiary/aromatic N) is 1. The van der Waals surface area contributed by atoms with Crippen LogP contribution in [0.2, 0.25) is 0 Å². The van der Waals surface area contributed by atoms with E-state index in [0.717, 1.165) is 40.1 Å². The van der Waals surface area contributed by atoms with Gasteiger partial charge in [-0.25, -0.2) is 0 Å². The molecule has 0 bridgehead atoms. The Kier molecular flexibility index (Phi) is 5.60. The van der Waals surface area contributed by atoms with Crippen LogP contribution in [0.25, 0.3) is 22.0 Å². The Morgan fingerprint density at radius 2 is 2.04 bits per heavy atom. The molecule has 5 heteroatoms. The Balaban J connectivity index is 1.49. The highest BCUT2D eigenvalue weighted by Gasteiger charge is 2.17. The molecule has 0 aliphatic heterocycles. The van der Waals surface area contributed by atoms with Gasteiger partial charge < -0.3 is 10.1 Å². The van der Waals surface area contributed by atoms with Gasteiger partial charge >= 0.3 is 0 Å². The molecule has 0 spiro atoms. The molecule has 0 saturated heterocycles. The average Bonchev–Trinajstić information content (AvgIpc) is 3.37. The first-order valence-electron chi connectivity index (χ1n) is 10.2. The summed E-state index contributed by atoms with van der Waals surface area (Å²) in [6.45, 7) is 2.61. The maximum Gasteiger partial charge on any atom is 0.225 e. The van der Waals surface area contributed by atoms with E-state index in [2.05, 4.69) is 15.5 Å². The lowest BCUT2D eigenvalue weighted by atomic mass is 10.0. The van der Waals surface area contributed by atoms with Crippen LogP contribution in [-0.2, 0) is 4.79 Å². The third kappa shape index (κ3) is 4.03. The minimum Gasteiger partial charge on any atom is -0.493 e. The fourth-order valence-corrected chi connectivity index (χ4v) is 4.10. The number of aromatic amines is 1. The third-order valence-corrected chi connectivity index (χ3v) is 5.57. The highest BCUT2D eigenvalue weighted by atomic mass is 16.5. The van der Waals surface area contributed by atoms with Crippen molar-refractivity contribution in [2.24, 2.45) is 5.92 Å². The summed E-state index contributed by atoms with van der Waals surface area (Å²) >= 11 is 0. The third-order valence-electron chi connectivity index (χ3n) is 5.57. The molecule has 4 rings (SSSR count). The Morgan fingerprint density at radius 1 is 1.21 bits per heavy atom. The van der Waals surface area contributed by atoms with Crippen LogP contribution in [-0.4, -0.2) is 22.7 Å². The second-order valence-corrected chi connectivity index (χ2v) is 7.50. The predicted octanol–water partition coefficient (Wildman–Crippen LogP) is 5.54. The number of rotatable bonds is 7. The summed E-state index contributed by atoms with van der Waals surface area (Å²) in [6, 6.07) is 14.1. The molecule has 1 aromatic heterocycles. The molecule has 3 aromatic rings. The lowest BCUT2D eigenvalue weighted by molar-refractivity contribution is -0.116. The first kappa shape index (κ1) is 18.5. The molecule has 1 heterocycles. The first-order valence-corrected chi connectivity index (χ1v) is 10.2. The summed E-state index contributed by atoms with van der Waals surface area (Å²) < 4.78 is 5.75. The zero-order valence-corrected chi connectivity index (χ0v) is 16.3. The van der Waals surface area contributed by atoms with Gasteiger partial charge in [0.25, 0.3) is 0 Å². The smallest absolute Gasteiger partial charge is 0.225 e. The Bertz CT molecular complexity index is 957. The Hall–Kier alpha value is -2.82. The van der Waals surface area contributed by atoms with Crippen molar-refractivity contribution in [3.8, 4) is 16.9 Å². The molecule has 146 valence electrons. The van der Waals surface area contributed by atoms with Gasteiger partial charge in [0.2, 0.25) is 5.91 Å². The zero-order valence-electron chi connectivity index (χ0n) is 16.3. The number of carbonyl (C=O) groups is 1. The largest absolute Gasteiger partial charge is 0.493 e. The molecule has 0 atom stereocenters. The number of fused-ring (bicyclic) bond motifs is 1. The normalized spacial score (nSPS) is 14.5. The molecule has 1 aliphatic rings. The molecule has 1 fully saturated rings. The standard InChI is InChI=1S/C23H27N3O2/c1-2-28-21-10-6-5-9-18(21)17-12-13-19-20(15-17)25-26-23(19)24-22(27)14-11-16-7-3-4-8-16/h5-6,9-10,12-13,15-16H,2-4,7-8,11,14H2,1H3,(H2,24,25,26,27). The number of benzene rings is 2. The van der Waals surface area contributed by atoms with E-state index in [4.69, 9.17) is 4.74 Å². The fraction of sp³-hybridized carbons (Fsp3) is 0.391. The highest BCUT2D eigenvalue weighted by Crippen LogP contribution is 2.33. The molecular weight excluding hydrogens is 350 g/mol. The van der Waals surface area contributed by atoms with Crippen LogP contribution in [0.15, 0.2) is 42.5 Å². The van der Waals surface area contributed by atoms with Gasteiger partial charge in [0.05, 0.1) is 12.1 Å². The van der Waals surface area contributed by atoms with Crippen LogP contribution in [0.1, 0.15) is 45.4 Å². The van der Waals surface area contributed by atoms with Gasteiger partial charge in [-0.1, -0.05) is 49.9 Å². The van der Waals surface area contributed by atoms with E-state index in [1.807, 2.05) is 49.4 Å². The van der Waals surface area contributed by atoms with Gasteiger partial charge in [-0.15, -0.1) is 0 Å². The van der Waals surface area contributed by atoms with Crippen LogP contribution in [0, 0.1) is 5.92 Å². The molecule has 1 aliphatic carbocycles. The number of amides is 1. The highest BCUT2D eigenvalue weighted by molar-refractivity contribution is 6.00. The van der Waals surface area contributed by atoms with E-state index in [-0.39, 0.29) is 5.91 Å². The number of anilines is 1. The van der Waals surface area contributed by atoms with Crippen LogP contribution in [0.5, 0.6) is 5.75 Å². The predicted molar refractivity (Wildman–Crippen MR) is 113 cm³/mol. The van der Waals surface area contributed by atoms with Gasteiger partial charge in [0, 0.05) is 17.4 Å². The number of aromatic nitrogens is 2. The Morgan fingerprint density at radius 3 is 2.86 bits per heavy atom. The van der Waals surface area contributed by atoms with Crippen molar-refractivity contribution in [1.29, 1.82) is 0 Å². The van der Waals surface area contributed by atoms with Gasteiger partial charge in [-0.05, 0) is 43.0 Å². The molecular formula is C23H27N3O2. The second kappa shape index (κ2) is 8.46. The summed E-state index contributed by atoms with van der Waals surface area (Å²) in [5.41, 5.74) is 3.00.